The first-order chi connectivity index (χ1) is 15.8. The molecule has 3 aromatic heterocycles. The van der Waals surface area contributed by atoms with Crippen molar-refractivity contribution in [3.63, 3.8) is 0 Å². The lowest BCUT2D eigenvalue weighted by molar-refractivity contribution is -0.138. The van der Waals surface area contributed by atoms with Crippen LogP contribution in [0, 0.1) is 5.92 Å². The molecule has 0 aromatic carbocycles. The third kappa shape index (κ3) is 4.59. The maximum absolute atomic E-state index is 13.1. The van der Waals surface area contributed by atoms with Gasteiger partial charge >= 0.3 is 0 Å². The zero-order valence-corrected chi connectivity index (χ0v) is 18.0. The highest BCUT2D eigenvalue weighted by Gasteiger charge is 2.31. The average molecular weight is 434 g/mol. The molecule has 3 aromatic rings. The number of piperazine rings is 1. The average Bonchev–Trinajstić information content (AvgIpc) is 3.40. The summed E-state index contributed by atoms with van der Waals surface area (Å²) in [4.78, 5) is 36.5. The standard InChI is InChI=1S/C22H27N9O/c32-22(30-11-9-28(10-12-30)14-18-1-5-23-6-2-18)19-3-7-29(8-4-19)20-13-21(26-16-25-20)31-17-24-15-27-31/h1-2,5-6,13,15-17,19H,3-4,7-12,14H2. The molecule has 1 amide bonds. The largest absolute Gasteiger partial charge is 0.356 e. The van der Waals surface area contributed by atoms with Crippen LogP contribution in [-0.2, 0) is 11.3 Å². The molecule has 2 aliphatic rings. The van der Waals surface area contributed by atoms with Crippen LogP contribution < -0.4 is 4.90 Å². The number of hydrogen-bond donors (Lipinski definition) is 0. The number of pyridine rings is 1. The molecule has 0 atom stereocenters. The van der Waals surface area contributed by atoms with Crippen molar-refractivity contribution >= 4 is 11.7 Å². The Morgan fingerprint density at radius 3 is 2.38 bits per heavy atom. The van der Waals surface area contributed by atoms with E-state index in [0.717, 1.165) is 64.5 Å². The minimum absolute atomic E-state index is 0.0922. The van der Waals surface area contributed by atoms with E-state index in [9.17, 15) is 4.79 Å². The SMILES string of the molecule is O=C(C1CCN(c2cc(-n3cncn3)ncn2)CC1)N1CCN(Cc2ccncc2)CC1. The molecule has 0 spiro atoms. The summed E-state index contributed by atoms with van der Waals surface area (Å²) in [5.74, 6) is 1.95. The number of anilines is 1. The van der Waals surface area contributed by atoms with Gasteiger partial charge in [0.25, 0.3) is 0 Å². The molecule has 5 heterocycles. The number of aromatic nitrogens is 6. The van der Waals surface area contributed by atoms with E-state index in [0.29, 0.717) is 11.7 Å². The Balaban J connectivity index is 1.12. The van der Waals surface area contributed by atoms with Crippen molar-refractivity contribution in [2.24, 2.45) is 5.92 Å². The van der Waals surface area contributed by atoms with Gasteiger partial charge in [0.1, 0.15) is 24.8 Å². The van der Waals surface area contributed by atoms with Crippen LogP contribution in [0.4, 0.5) is 5.82 Å². The van der Waals surface area contributed by atoms with Gasteiger partial charge < -0.3 is 9.80 Å². The third-order valence-electron chi connectivity index (χ3n) is 6.30. The Morgan fingerprint density at radius 1 is 0.906 bits per heavy atom. The summed E-state index contributed by atoms with van der Waals surface area (Å²) in [6, 6.07) is 6.02. The zero-order chi connectivity index (χ0) is 21.8. The maximum atomic E-state index is 13.1. The lowest BCUT2D eigenvalue weighted by atomic mass is 9.95. The highest BCUT2D eigenvalue weighted by atomic mass is 16.2. The third-order valence-corrected chi connectivity index (χ3v) is 6.30. The first-order valence-electron chi connectivity index (χ1n) is 11.1. The predicted molar refractivity (Wildman–Crippen MR) is 118 cm³/mol. The van der Waals surface area contributed by atoms with Gasteiger partial charge in [-0.25, -0.2) is 19.6 Å². The first-order valence-corrected chi connectivity index (χ1v) is 11.1. The molecule has 0 unspecified atom stereocenters. The van der Waals surface area contributed by atoms with E-state index < -0.39 is 0 Å². The number of hydrogen-bond acceptors (Lipinski definition) is 8. The summed E-state index contributed by atoms with van der Waals surface area (Å²) in [5, 5.41) is 4.13. The summed E-state index contributed by atoms with van der Waals surface area (Å²) in [6.07, 6.45) is 10.0. The number of piperidine rings is 1. The number of amides is 1. The Bertz CT molecular complexity index is 1010. The minimum atomic E-state index is 0.0922. The zero-order valence-electron chi connectivity index (χ0n) is 18.0. The Kier molecular flexibility index (Phi) is 6.02. The maximum Gasteiger partial charge on any atom is 0.225 e. The molecule has 10 heteroatoms. The second-order valence-electron chi connectivity index (χ2n) is 8.29. The highest BCUT2D eigenvalue weighted by Crippen LogP contribution is 2.24. The van der Waals surface area contributed by atoms with E-state index >= 15 is 0 Å². The van der Waals surface area contributed by atoms with Crippen LogP contribution in [0.5, 0.6) is 0 Å². The molecule has 0 aliphatic carbocycles. The molecular weight excluding hydrogens is 406 g/mol. The van der Waals surface area contributed by atoms with Crippen LogP contribution in [0.25, 0.3) is 5.82 Å². The van der Waals surface area contributed by atoms with E-state index in [2.05, 4.69) is 51.9 Å². The summed E-state index contributed by atoms with van der Waals surface area (Å²) in [5.41, 5.74) is 1.27. The van der Waals surface area contributed by atoms with Crippen LogP contribution in [0.15, 0.2) is 49.6 Å². The van der Waals surface area contributed by atoms with Gasteiger partial charge in [-0.1, -0.05) is 0 Å². The summed E-state index contributed by atoms with van der Waals surface area (Å²) in [6.45, 7) is 5.98. The number of rotatable bonds is 5. The molecule has 32 heavy (non-hydrogen) atoms. The van der Waals surface area contributed by atoms with Gasteiger partial charge in [-0.15, -0.1) is 0 Å². The number of carbonyl (C=O) groups is 1. The van der Waals surface area contributed by atoms with Crippen LogP contribution >= 0.6 is 0 Å². The minimum Gasteiger partial charge on any atom is -0.356 e. The Hall–Kier alpha value is -3.40. The number of nitrogens with zero attached hydrogens (tertiary/aromatic N) is 9. The molecule has 2 aliphatic heterocycles. The van der Waals surface area contributed by atoms with Crippen LogP contribution in [-0.4, -0.2) is 84.7 Å². The molecule has 0 radical (unpaired) electrons. The van der Waals surface area contributed by atoms with Crippen LogP contribution in [0.2, 0.25) is 0 Å². The van der Waals surface area contributed by atoms with Gasteiger partial charge in [0.15, 0.2) is 5.82 Å². The van der Waals surface area contributed by atoms with Crippen LogP contribution in [0.3, 0.4) is 0 Å². The van der Waals surface area contributed by atoms with Gasteiger partial charge in [0, 0.05) is 70.2 Å². The monoisotopic (exact) mass is 433 g/mol. The van der Waals surface area contributed by atoms with E-state index in [1.807, 2.05) is 18.5 Å². The van der Waals surface area contributed by atoms with Gasteiger partial charge in [0.05, 0.1) is 0 Å². The van der Waals surface area contributed by atoms with Crippen molar-refractivity contribution in [3.05, 3.63) is 55.1 Å². The second kappa shape index (κ2) is 9.39. The normalized spacial score (nSPS) is 18.1. The molecule has 2 fully saturated rings. The number of carbonyl (C=O) groups excluding carboxylic acids is 1. The van der Waals surface area contributed by atoms with Gasteiger partial charge in [-0.05, 0) is 30.5 Å². The fourth-order valence-electron chi connectivity index (χ4n) is 4.45. The molecular formula is C22H27N9O. The topological polar surface area (TPSA) is 96.2 Å². The molecule has 5 rings (SSSR count). The molecule has 0 bridgehead atoms. The molecule has 0 N–H and O–H groups in total. The lowest BCUT2D eigenvalue weighted by Gasteiger charge is -2.38. The Morgan fingerprint density at radius 2 is 1.66 bits per heavy atom. The van der Waals surface area contributed by atoms with E-state index in [1.54, 1.807) is 17.3 Å². The summed E-state index contributed by atoms with van der Waals surface area (Å²) < 4.78 is 1.62. The van der Waals surface area contributed by atoms with E-state index in [-0.39, 0.29) is 5.92 Å². The smallest absolute Gasteiger partial charge is 0.225 e. The first kappa shape index (κ1) is 20.5. The van der Waals surface area contributed by atoms with Crippen molar-refractivity contribution in [1.29, 1.82) is 0 Å². The molecule has 2 saturated heterocycles. The molecule has 166 valence electrons. The van der Waals surface area contributed by atoms with Gasteiger partial charge in [-0.2, -0.15) is 5.10 Å². The van der Waals surface area contributed by atoms with Crippen molar-refractivity contribution in [2.45, 2.75) is 19.4 Å². The van der Waals surface area contributed by atoms with E-state index in [1.165, 1.54) is 11.9 Å². The predicted octanol–water partition coefficient (Wildman–Crippen LogP) is 1.01. The van der Waals surface area contributed by atoms with Gasteiger partial charge in [0.2, 0.25) is 5.91 Å². The lowest BCUT2D eigenvalue weighted by Crippen LogP contribution is -2.51. The van der Waals surface area contributed by atoms with Crippen molar-refractivity contribution in [1.82, 2.24) is 39.5 Å². The van der Waals surface area contributed by atoms with Crippen molar-refractivity contribution in [3.8, 4) is 5.82 Å². The summed E-state index contributed by atoms with van der Waals surface area (Å²) >= 11 is 0. The van der Waals surface area contributed by atoms with Crippen LogP contribution in [0.1, 0.15) is 18.4 Å². The fourth-order valence-corrected chi connectivity index (χ4v) is 4.45. The second-order valence-corrected chi connectivity index (χ2v) is 8.29. The highest BCUT2D eigenvalue weighted by molar-refractivity contribution is 5.79. The Labute approximate surface area is 186 Å². The van der Waals surface area contributed by atoms with Gasteiger partial charge in [-0.3, -0.25) is 14.7 Å². The van der Waals surface area contributed by atoms with Crippen molar-refractivity contribution in [2.75, 3.05) is 44.2 Å². The van der Waals surface area contributed by atoms with E-state index in [4.69, 9.17) is 0 Å². The molecule has 10 nitrogen and oxygen atoms in total. The quantitative estimate of drug-likeness (QED) is 0.588. The molecule has 0 saturated carbocycles. The van der Waals surface area contributed by atoms with Crippen molar-refractivity contribution < 1.29 is 4.79 Å². The fraction of sp³-hybridized carbons (Fsp3) is 0.455. The summed E-state index contributed by atoms with van der Waals surface area (Å²) in [7, 11) is 0.